The lowest BCUT2D eigenvalue weighted by Crippen LogP contribution is -2.37. The fraction of sp³-hybridized carbons (Fsp3) is 0.0952. The zero-order valence-electron chi connectivity index (χ0n) is 16.3. The second kappa shape index (κ2) is 8.10. The summed E-state index contributed by atoms with van der Waals surface area (Å²) in [6.07, 6.45) is 0. The molecule has 2 aromatic heterocycles. The van der Waals surface area contributed by atoms with Gasteiger partial charge in [-0.15, -0.1) is 5.10 Å². The number of hydrogen-bond acceptors (Lipinski definition) is 5. The fourth-order valence-corrected chi connectivity index (χ4v) is 5.40. The number of H-pyrrole nitrogens is 1. The predicted octanol–water partition coefficient (Wildman–Crippen LogP) is 4.56. The van der Waals surface area contributed by atoms with Gasteiger partial charge in [0, 0.05) is 38.1 Å². The average Bonchev–Trinajstić information content (AvgIpc) is 3.12. The molecule has 4 aromatic rings. The summed E-state index contributed by atoms with van der Waals surface area (Å²) in [7, 11) is -3.79. The van der Waals surface area contributed by atoms with Crippen molar-refractivity contribution in [2.24, 2.45) is 0 Å². The van der Waals surface area contributed by atoms with Crippen molar-refractivity contribution in [2.75, 3.05) is 4.72 Å². The van der Waals surface area contributed by atoms with E-state index in [1.165, 1.54) is 0 Å². The third kappa shape index (κ3) is 4.18. The minimum absolute atomic E-state index is 0.152. The van der Waals surface area contributed by atoms with Gasteiger partial charge in [0.15, 0.2) is 15.3 Å². The fourth-order valence-electron chi connectivity index (χ4n) is 3.34. The van der Waals surface area contributed by atoms with Gasteiger partial charge in [-0.05, 0) is 29.4 Å². The molecule has 0 unspecified atom stereocenters. The van der Waals surface area contributed by atoms with Gasteiger partial charge in [0.2, 0.25) is 10.8 Å². The number of aromatic amines is 1. The monoisotopic (exact) mass is 455 g/mol. The van der Waals surface area contributed by atoms with Gasteiger partial charge in [0.05, 0.1) is 4.90 Å². The van der Waals surface area contributed by atoms with Crippen LogP contribution in [0.5, 0.6) is 0 Å². The molecule has 2 heterocycles. The molecule has 0 fully saturated rings. The first-order chi connectivity index (χ1) is 14.3. The van der Waals surface area contributed by atoms with Crippen molar-refractivity contribution in [1.29, 1.82) is 0 Å². The normalized spacial score (nSPS) is 11.4. The van der Waals surface area contributed by atoms with Gasteiger partial charge in [-0.3, -0.25) is 9.82 Å². The Kier molecular flexibility index (Phi) is 5.50. The summed E-state index contributed by atoms with van der Waals surface area (Å²) < 4.78 is 30.5. The Balaban J connectivity index is 1.73. The number of hydrogen-bond donors (Lipinski definition) is 2. The van der Waals surface area contributed by atoms with Crippen LogP contribution >= 0.6 is 23.6 Å². The highest BCUT2D eigenvalue weighted by Crippen LogP contribution is 2.22. The number of pyridine rings is 1. The molecule has 0 amide bonds. The lowest BCUT2D eigenvalue weighted by Gasteiger charge is -2.09. The summed E-state index contributed by atoms with van der Waals surface area (Å²) >= 11 is 6.03. The van der Waals surface area contributed by atoms with Crippen molar-refractivity contribution in [1.82, 2.24) is 10.2 Å². The molecular weight excluding hydrogens is 436 g/mol. The Labute approximate surface area is 183 Å². The zero-order chi connectivity index (χ0) is 21.3. The predicted molar refractivity (Wildman–Crippen MR) is 121 cm³/mol. The third-order valence-corrected chi connectivity index (χ3v) is 7.06. The van der Waals surface area contributed by atoms with Crippen LogP contribution in [0.2, 0.25) is 0 Å². The molecule has 0 saturated heterocycles. The van der Waals surface area contributed by atoms with Gasteiger partial charge in [-0.25, -0.2) is 8.42 Å². The van der Waals surface area contributed by atoms with Crippen LogP contribution in [0.15, 0.2) is 71.6 Å². The van der Waals surface area contributed by atoms with Crippen LogP contribution in [-0.2, 0) is 10.0 Å². The van der Waals surface area contributed by atoms with E-state index in [0.29, 0.717) is 3.95 Å². The molecule has 2 N–H and O–H groups in total. The van der Waals surface area contributed by atoms with E-state index >= 15 is 0 Å². The Morgan fingerprint density at radius 1 is 0.967 bits per heavy atom. The maximum Gasteiger partial charge on any atom is 0.263 e. The Bertz CT molecular complexity index is 1350. The van der Waals surface area contributed by atoms with Crippen LogP contribution in [0.4, 0.5) is 5.13 Å². The lowest BCUT2D eigenvalue weighted by atomic mass is 10.0. The minimum atomic E-state index is -3.79. The van der Waals surface area contributed by atoms with Gasteiger partial charge >= 0.3 is 0 Å². The van der Waals surface area contributed by atoms with E-state index in [0.717, 1.165) is 39.5 Å². The van der Waals surface area contributed by atoms with Crippen LogP contribution in [0.25, 0.3) is 16.8 Å². The summed E-state index contributed by atoms with van der Waals surface area (Å²) in [6.45, 7) is 4.02. The summed E-state index contributed by atoms with van der Waals surface area (Å²) in [6, 6.07) is 21.2. The van der Waals surface area contributed by atoms with Gasteiger partial charge in [0.25, 0.3) is 10.0 Å². The Hall–Kier alpha value is -2.88. The molecule has 30 heavy (non-hydrogen) atoms. The number of rotatable bonds is 5. The number of benzene rings is 2. The Morgan fingerprint density at radius 3 is 2.30 bits per heavy atom. The van der Waals surface area contributed by atoms with Gasteiger partial charge in [-0.2, -0.15) is 4.57 Å². The first-order valence-electron chi connectivity index (χ1n) is 9.11. The van der Waals surface area contributed by atoms with Crippen molar-refractivity contribution in [3.63, 3.8) is 0 Å². The number of nitrogens with zero attached hydrogens (tertiary/aromatic N) is 2. The first kappa shape index (κ1) is 20.4. The molecule has 4 rings (SSSR count). The number of anilines is 1. The van der Waals surface area contributed by atoms with Gasteiger partial charge < -0.3 is 0 Å². The van der Waals surface area contributed by atoms with Crippen LogP contribution in [0.1, 0.15) is 11.4 Å². The van der Waals surface area contributed by atoms with E-state index in [1.807, 2.05) is 42.7 Å². The summed E-state index contributed by atoms with van der Waals surface area (Å²) in [5.74, 6) is 0. The van der Waals surface area contributed by atoms with Crippen LogP contribution in [-0.4, -0.2) is 18.6 Å². The largest absolute Gasteiger partial charge is 0.263 e. The third-order valence-electron chi connectivity index (χ3n) is 4.59. The number of nitrogens with one attached hydrogen (secondary N) is 2. The van der Waals surface area contributed by atoms with Crippen molar-refractivity contribution in [3.05, 3.63) is 82.1 Å². The molecule has 0 aliphatic heterocycles. The molecule has 2 aromatic carbocycles. The van der Waals surface area contributed by atoms with Crippen molar-refractivity contribution in [3.8, 4) is 16.8 Å². The summed E-state index contributed by atoms with van der Waals surface area (Å²) in [5.41, 5.74) is 5.02. The van der Waals surface area contributed by atoms with E-state index < -0.39 is 10.0 Å². The van der Waals surface area contributed by atoms with E-state index in [9.17, 15) is 8.42 Å². The molecule has 0 bridgehead atoms. The van der Waals surface area contributed by atoms with Gasteiger partial charge in [0.1, 0.15) is 0 Å². The molecule has 9 heteroatoms. The van der Waals surface area contributed by atoms with Crippen LogP contribution < -0.4 is 9.29 Å². The molecule has 0 atom stereocenters. The maximum absolute atomic E-state index is 12.8. The highest BCUT2D eigenvalue weighted by molar-refractivity contribution is 7.93. The topological polar surface area (TPSA) is 78.7 Å². The molecule has 0 saturated carbocycles. The van der Waals surface area contributed by atoms with Crippen molar-refractivity contribution in [2.45, 2.75) is 18.7 Å². The molecule has 0 aliphatic rings. The van der Waals surface area contributed by atoms with E-state index in [1.54, 1.807) is 18.2 Å². The quantitative estimate of drug-likeness (QED) is 0.342. The molecule has 0 aliphatic carbocycles. The lowest BCUT2D eigenvalue weighted by molar-refractivity contribution is -0.609. The first-order valence-corrected chi connectivity index (χ1v) is 11.8. The molecular formula is C21H19N4O2S3+. The summed E-state index contributed by atoms with van der Waals surface area (Å²) in [4.78, 5) is 0.152. The SMILES string of the molecule is Cc1cc(-c2ccccc2)cc(C)[n+]1-c1cccc(S(=O)(=O)Nc2n[nH]c(=S)s2)c1. The van der Waals surface area contributed by atoms with E-state index in [4.69, 9.17) is 12.2 Å². The average molecular weight is 456 g/mol. The van der Waals surface area contributed by atoms with Crippen molar-refractivity contribution < 1.29 is 13.0 Å². The van der Waals surface area contributed by atoms with E-state index in [-0.39, 0.29) is 10.0 Å². The molecule has 6 nitrogen and oxygen atoms in total. The second-order valence-corrected chi connectivity index (χ2v) is 10.1. The number of sulfonamides is 1. The number of aromatic nitrogens is 3. The highest BCUT2D eigenvalue weighted by Gasteiger charge is 2.21. The number of aryl methyl sites for hydroxylation is 2. The zero-order valence-corrected chi connectivity index (χ0v) is 18.7. The maximum atomic E-state index is 12.8. The standard InChI is InChI=1S/C21H18N4O2S3/c1-14-11-17(16-7-4-3-5-8-16)12-15(2)25(14)18-9-6-10-19(13-18)30(26,27)24-20-22-23-21(28)29-20/h3-13H,1-2H3,(H-,22,23,24,28)/p+1. The van der Waals surface area contributed by atoms with Gasteiger partial charge in [-0.1, -0.05) is 47.7 Å². The molecule has 0 radical (unpaired) electrons. The second-order valence-electron chi connectivity index (χ2n) is 6.75. The minimum Gasteiger partial charge on any atom is -0.256 e. The molecule has 152 valence electrons. The van der Waals surface area contributed by atoms with Crippen LogP contribution in [0.3, 0.4) is 0 Å². The smallest absolute Gasteiger partial charge is 0.256 e. The van der Waals surface area contributed by atoms with Crippen LogP contribution in [0, 0.1) is 17.8 Å². The van der Waals surface area contributed by atoms with Crippen molar-refractivity contribution >= 4 is 38.7 Å². The summed E-state index contributed by atoms with van der Waals surface area (Å²) in [5, 5.41) is 6.64. The van der Waals surface area contributed by atoms with E-state index in [2.05, 4.69) is 39.2 Å². The highest BCUT2D eigenvalue weighted by atomic mass is 32.2. The molecule has 0 spiro atoms. The Morgan fingerprint density at radius 2 is 1.67 bits per heavy atom.